The maximum Gasteiger partial charge on any atom is 0.261 e. The number of benzene rings is 1. The normalized spacial score (nSPS) is 10.9. The topological polar surface area (TPSA) is 48.0 Å². The molecule has 0 aliphatic rings. The van der Waals surface area contributed by atoms with Crippen LogP contribution in [0.1, 0.15) is 16.8 Å². The Morgan fingerprint density at radius 3 is 2.81 bits per heavy atom. The van der Waals surface area contributed by atoms with E-state index >= 15 is 0 Å². The SMILES string of the molecule is Cc1ccc(C(N)=S)c(=O)n1Cc1csc2ccccc12. The number of thiophene rings is 1. The second-order valence-corrected chi connectivity index (χ2v) is 6.25. The van der Waals surface area contributed by atoms with E-state index in [9.17, 15) is 4.79 Å². The maximum atomic E-state index is 12.5. The number of aryl methyl sites for hydroxylation is 1. The van der Waals surface area contributed by atoms with Crippen molar-refractivity contribution in [3.63, 3.8) is 0 Å². The van der Waals surface area contributed by atoms with Crippen molar-refractivity contribution in [2.24, 2.45) is 5.73 Å². The first kappa shape index (κ1) is 14.0. The van der Waals surface area contributed by atoms with Crippen molar-refractivity contribution < 1.29 is 0 Å². The molecule has 0 aliphatic heterocycles. The Labute approximate surface area is 131 Å². The number of aromatic nitrogens is 1. The first-order chi connectivity index (χ1) is 10.1. The first-order valence-corrected chi connectivity index (χ1v) is 7.82. The van der Waals surface area contributed by atoms with Crippen LogP contribution in [0.25, 0.3) is 10.1 Å². The van der Waals surface area contributed by atoms with Crippen molar-refractivity contribution in [3.05, 3.63) is 69.0 Å². The largest absolute Gasteiger partial charge is 0.389 e. The molecule has 2 N–H and O–H groups in total. The zero-order valence-electron chi connectivity index (χ0n) is 11.5. The van der Waals surface area contributed by atoms with Crippen LogP contribution in [0.2, 0.25) is 0 Å². The number of nitrogens with zero attached hydrogens (tertiary/aromatic N) is 1. The summed E-state index contributed by atoms with van der Waals surface area (Å²) in [6, 6.07) is 11.8. The van der Waals surface area contributed by atoms with E-state index in [2.05, 4.69) is 17.5 Å². The highest BCUT2D eigenvalue weighted by molar-refractivity contribution is 7.80. The average molecular weight is 314 g/mol. The van der Waals surface area contributed by atoms with Crippen LogP contribution in [-0.2, 0) is 6.54 Å². The molecule has 0 amide bonds. The quantitative estimate of drug-likeness (QED) is 0.756. The van der Waals surface area contributed by atoms with E-state index in [4.69, 9.17) is 18.0 Å². The Balaban J connectivity index is 2.12. The summed E-state index contributed by atoms with van der Waals surface area (Å²) < 4.78 is 2.95. The van der Waals surface area contributed by atoms with E-state index in [1.54, 1.807) is 22.0 Å². The van der Waals surface area contributed by atoms with Crippen molar-refractivity contribution >= 4 is 38.6 Å². The van der Waals surface area contributed by atoms with Gasteiger partial charge in [-0.2, -0.15) is 0 Å². The molecule has 0 bridgehead atoms. The van der Waals surface area contributed by atoms with Crippen molar-refractivity contribution in [1.29, 1.82) is 0 Å². The van der Waals surface area contributed by atoms with E-state index in [-0.39, 0.29) is 10.5 Å². The van der Waals surface area contributed by atoms with Gasteiger partial charge in [-0.3, -0.25) is 4.79 Å². The molecule has 0 atom stereocenters. The number of thiocarbonyl (C=S) groups is 1. The Bertz CT molecular complexity index is 893. The molecule has 0 saturated carbocycles. The first-order valence-electron chi connectivity index (χ1n) is 6.53. The molecule has 106 valence electrons. The van der Waals surface area contributed by atoms with Crippen LogP contribution in [-0.4, -0.2) is 9.56 Å². The fraction of sp³-hybridized carbons (Fsp3) is 0.125. The van der Waals surface area contributed by atoms with E-state index in [1.807, 2.05) is 25.1 Å². The number of rotatable bonds is 3. The molecule has 0 aliphatic carbocycles. The summed E-state index contributed by atoms with van der Waals surface area (Å²) in [6.45, 7) is 2.45. The smallest absolute Gasteiger partial charge is 0.261 e. The fourth-order valence-electron chi connectivity index (χ4n) is 2.38. The molecule has 0 spiro atoms. The molecule has 2 aromatic heterocycles. The monoisotopic (exact) mass is 314 g/mol. The van der Waals surface area contributed by atoms with E-state index < -0.39 is 0 Å². The van der Waals surface area contributed by atoms with Gasteiger partial charge in [0.1, 0.15) is 4.99 Å². The minimum absolute atomic E-state index is 0.127. The molecule has 0 saturated heterocycles. The lowest BCUT2D eigenvalue weighted by Crippen LogP contribution is -2.30. The summed E-state index contributed by atoms with van der Waals surface area (Å²) in [5.74, 6) is 0. The Morgan fingerprint density at radius 1 is 1.29 bits per heavy atom. The van der Waals surface area contributed by atoms with Gasteiger partial charge in [0.15, 0.2) is 0 Å². The highest BCUT2D eigenvalue weighted by Gasteiger charge is 2.11. The summed E-state index contributed by atoms with van der Waals surface area (Å²) >= 11 is 6.63. The lowest BCUT2D eigenvalue weighted by molar-refractivity contribution is 0.733. The molecule has 5 heteroatoms. The van der Waals surface area contributed by atoms with E-state index in [1.165, 1.54) is 10.1 Å². The molecule has 0 fully saturated rings. The van der Waals surface area contributed by atoms with Crippen molar-refractivity contribution in [3.8, 4) is 0 Å². The maximum absolute atomic E-state index is 12.5. The van der Waals surface area contributed by atoms with E-state index in [0.29, 0.717) is 12.1 Å². The third-order valence-electron chi connectivity index (χ3n) is 3.55. The van der Waals surface area contributed by atoms with Gasteiger partial charge in [-0.05, 0) is 41.5 Å². The zero-order valence-corrected chi connectivity index (χ0v) is 13.1. The van der Waals surface area contributed by atoms with E-state index in [0.717, 1.165) is 11.3 Å². The van der Waals surface area contributed by atoms with Gasteiger partial charge in [-0.15, -0.1) is 11.3 Å². The molecule has 3 aromatic rings. The molecule has 0 radical (unpaired) electrons. The van der Waals surface area contributed by atoms with Gasteiger partial charge in [0.2, 0.25) is 0 Å². The van der Waals surface area contributed by atoms with Crippen LogP contribution in [0, 0.1) is 6.92 Å². The van der Waals surface area contributed by atoms with Gasteiger partial charge in [0, 0.05) is 10.4 Å². The van der Waals surface area contributed by atoms with Gasteiger partial charge in [0.05, 0.1) is 12.1 Å². The number of pyridine rings is 1. The van der Waals surface area contributed by atoms with Crippen molar-refractivity contribution in [1.82, 2.24) is 4.57 Å². The number of hydrogen-bond donors (Lipinski definition) is 1. The second kappa shape index (κ2) is 5.42. The Kier molecular flexibility index (Phi) is 3.61. The Morgan fingerprint density at radius 2 is 2.05 bits per heavy atom. The molecule has 21 heavy (non-hydrogen) atoms. The van der Waals surface area contributed by atoms with Gasteiger partial charge in [-0.25, -0.2) is 0 Å². The summed E-state index contributed by atoms with van der Waals surface area (Å²) in [5.41, 5.74) is 7.93. The molecule has 3 rings (SSSR count). The van der Waals surface area contributed by atoms with Crippen LogP contribution < -0.4 is 11.3 Å². The van der Waals surface area contributed by atoms with Crippen LogP contribution in [0.3, 0.4) is 0 Å². The molecule has 2 heterocycles. The minimum atomic E-state index is -0.127. The molecular weight excluding hydrogens is 300 g/mol. The lowest BCUT2D eigenvalue weighted by Gasteiger charge is -2.11. The van der Waals surface area contributed by atoms with Gasteiger partial charge >= 0.3 is 0 Å². The minimum Gasteiger partial charge on any atom is -0.389 e. The van der Waals surface area contributed by atoms with Gasteiger partial charge in [0.25, 0.3) is 5.56 Å². The average Bonchev–Trinajstić information content (AvgIpc) is 2.86. The van der Waals surface area contributed by atoms with Gasteiger partial charge in [-0.1, -0.05) is 30.4 Å². The lowest BCUT2D eigenvalue weighted by atomic mass is 10.1. The number of nitrogens with two attached hydrogens (primary N) is 1. The van der Waals surface area contributed by atoms with Crippen LogP contribution >= 0.6 is 23.6 Å². The van der Waals surface area contributed by atoms with Crippen LogP contribution in [0.4, 0.5) is 0 Å². The van der Waals surface area contributed by atoms with Crippen molar-refractivity contribution in [2.45, 2.75) is 13.5 Å². The fourth-order valence-corrected chi connectivity index (χ4v) is 3.49. The third-order valence-corrected chi connectivity index (χ3v) is 4.78. The van der Waals surface area contributed by atoms with Gasteiger partial charge < -0.3 is 10.3 Å². The molecule has 3 nitrogen and oxygen atoms in total. The summed E-state index contributed by atoms with van der Waals surface area (Å²) in [6.07, 6.45) is 0. The zero-order chi connectivity index (χ0) is 15.0. The summed E-state index contributed by atoms with van der Waals surface area (Å²) in [4.78, 5) is 12.6. The second-order valence-electron chi connectivity index (χ2n) is 4.90. The standard InChI is InChI=1S/C16H14N2OS2/c1-10-6-7-13(15(17)20)16(19)18(10)8-11-9-21-14-5-3-2-4-12(11)14/h2-7,9H,8H2,1H3,(H2,17,20). The van der Waals surface area contributed by atoms with Crippen molar-refractivity contribution in [2.75, 3.05) is 0 Å². The highest BCUT2D eigenvalue weighted by Crippen LogP contribution is 2.26. The molecule has 1 aromatic carbocycles. The predicted octanol–water partition coefficient (Wildman–Crippen LogP) is 3.05. The highest BCUT2D eigenvalue weighted by atomic mass is 32.1. The third kappa shape index (κ3) is 2.50. The van der Waals surface area contributed by atoms with Crippen LogP contribution in [0.5, 0.6) is 0 Å². The Hall–Kier alpha value is -1.98. The number of fused-ring (bicyclic) bond motifs is 1. The summed E-state index contributed by atoms with van der Waals surface area (Å²) in [5, 5.41) is 3.29. The molecular formula is C16H14N2OS2. The predicted molar refractivity (Wildman–Crippen MR) is 92.3 cm³/mol. The number of hydrogen-bond acceptors (Lipinski definition) is 3. The summed E-state index contributed by atoms with van der Waals surface area (Å²) in [7, 11) is 0. The molecule has 0 unspecified atom stereocenters. The van der Waals surface area contributed by atoms with Crippen LogP contribution in [0.15, 0.2) is 46.6 Å².